The monoisotopic (exact) mass is 627 g/mol. The minimum atomic E-state index is 0.477. The van der Waals surface area contributed by atoms with E-state index in [1.165, 1.54) is 0 Å². The van der Waals surface area contributed by atoms with Gasteiger partial charge < -0.3 is 4.42 Å². The lowest BCUT2D eigenvalue weighted by atomic mass is 10.00. The van der Waals surface area contributed by atoms with Gasteiger partial charge in [0, 0.05) is 27.5 Å². The van der Waals surface area contributed by atoms with Gasteiger partial charge >= 0.3 is 0 Å². The summed E-state index contributed by atoms with van der Waals surface area (Å²) in [5.74, 6) is 0.477. The first-order chi connectivity index (χ1) is 24.2. The molecular formula is C43H25N5O. The Morgan fingerprint density at radius 2 is 1.08 bits per heavy atom. The van der Waals surface area contributed by atoms with Crippen LogP contribution in [0.1, 0.15) is 5.56 Å². The van der Waals surface area contributed by atoms with Gasteiger partial charge in [-0.1, -0.05) is 109 Å². The first kappa shape index (κ1) is 28.3. The van der Waals surface area contributed by atoms with Gasteiger partial charge in [-0.2, -0.15) is 5.26 Å². The maximum Gasteiger partial charge on any atom is 0.181 e. The molecule has 0 radical (unpaired) electrons. The fourth-order valence-electron chi connectivity index (χ4n) is 6.35. The molecule has 0 N–H and O–H groups in total. The molecule has 0 amide bonds. The third kappa shape index (κ3) is 5.07. The van der Waals surface area contributed by atoms with Crippen molar-refractivity contribution in [3.63, 3.8) is 0 Å². The molecule has 0 unspecified atom stereocenters. The number of aromatic nitrogens is 4. The van der Waals surface area contributed by atoms with Crippen molar-refractivity contribution >= 4 is 33.0 Å². The SMILES string of the molecule is N#Cc1ccc(-c2ccc(-c3nc4ccccc4nc3-c3nc(-c4ccccc4)cc(-c4cccc5oc6ccccc6c45)n3)cc2)cc1. The lowest BCUT2D eigenvalue weighted by Crippen LogP contribution is -2.01. The van der Waals surface area contributed by atoms with Gasteiger partial charge in [0.1, 0.15) is 22.6 Å². The van der Waals surface area contributed by atoms with Gasteiger partial charge in [-0.25, -0.2) is 19.9 Å². The van der Waals surface area contributed by atoms with Gasteiger partial charge in [0.15, 0.2) is 5.82 Å². The van der Waals surface area contributed by atoms with E-state index in [1.807, 2.05) is 103 Å². The normalized spacial score (nSPS) is 11.2. The van der Waals surface area contributed by atoms with Crippen molar-refractivity contribution in [3.05, 3.63) is 157 Å². The van der Waals surface area contributed by atoms with Crippen molar-refractivity contribution in [2.75, 3.05) is 0 Å². The van der Waals surface area contributed by atoms with Crippen molar-refractivity contribution in [1.82, 2.24) is 19.9 Å². The fourth-order valence-corrected chi connectivity index (χ4v) is 6.35. The van der Waals surface area contributed by atoms with E-state index in [0.717, 1.165) is 72.2 Å². The molecule has 9 aromatic rings. The Morgan fingerprint density at radius 3 is 1.84 bits per heavy atom. The maximum absolute atomic E-state index is 9.22. The number of nitriles is 1. The summed E-state index contributed by atoms with van der Waals surface area (Å²) < 4.78 is 6.24. The van der Waals surface area contributed by atoms with E-state index in [0.29, 0.717) is 22.8 Å². The van der Waals surface area contributed by atoms with E-state index >= 15 is 0 Å². The Hall–Kier alpha value is -6.97. The molecular weight excluding hydrogens is 603 g/mol. The van der Waals surface area contributed by atoms with Gasteiger partial charge in [-0.3, -0.25) is 0 Å². The number of hydrogen-bond donors (Lipinski definition) is 0. The van der Waals surface area contributed by atoms with Crippen molar-refractivity contribution < 1.29 is 4.42 Å². The zero-order chi connectivity index (χ0) is 32.7. The zero-order valence-electron chi connectivity index (χ0n) is 26.1. The zero-order valence-corrected chi connectivity index (χ0v) is 26.1. The Labute approximate surface area is 281 Å². The molecule has 228 valence electrons. The van der Waals surface area contributed by atoms with Gasteiger partial charge in [0.25, 0.3) is 0 Å². The second-order valence-electron chi connectivity index (χ2n) is 11.8. The highest BCUT2D eigenvalue weighted by Crippen LogP contribution is 2.38. The highest BCUT2D eigenvalue weighted by molar-refractivity contribution is 6.12. The van der Waals surface area contributed by atoms with E-state index in [9.17, 15) is 5.26 Å². The molecule has 6 heteroatoms. The molecule has 0 aliphatic carbocycles. The largest absolute Gasteiger partial charge is 0.456 e. The molecule has 0 aliphatic heterocycles. The molecule has 0 saturated carbocycles. The molecule has 0 bridgehead atoms. The molecule has 0 fully saturated rings. The summed E-state index contributed by atoms with van der Waals surface area (Å²) >= 11 is 0. The lowest BCUT2D eigenvalue weighted by molar-refractivity contribution is 0.669. The molecule has 0 saturated heterocycles. The smallest absolute Gasteiger partial charge is 0.181 e. The third-order valence-electron chi connectivity index (χ3n) is 8.76. The molecule has 6 aromatic carbocycles. The summed E-state index contributed by atoms with van der Waals surface area (Å²) in [5.41, 5.74) is 11.5. The summed E-state index contributed by atoms with van der Waals surface area (Å²) in [6, 6.07) is 52.2. The van der Waals surface area contributed by atoms with Crippen LogP contribution in [0.5, 0.6) is 0 Å². The molecule has 6 nitrogen and oxygen atoms in total. The van der Waals surface area contributed by atoms with Crippen LogP contribution in [0.4, 0.5) is 0 Å². The summed E-state index contributed by atoms with van der Waals surface area (Å²) in [6.45, 7) is 0. The molecule has 9 rings (SSSR count). The summed E-state index contributed by atoms with van der Waals surface area (Å²) in [5, 5.41) is 11.3. The second kappa shape index (κ2) is 11.7. The maximum atomic E-state index is 9.22. The van der Waals surface area contributed by atoms with E-state index in [-0.39, 0.29) is 0 Å². The van der Waals surface area contributed by atoms with E-state index < -0.39 is 0 Å². The fraction of sp³-hybridized carbons (Fsp3) is 0. The number of nitrogens with zero attached hydrogens (tertiary/aromatic N) is 5. The van der Waals surface area contributed by atoms with E-state index in [1.54, 1.807) is 0 Å². The van der Waals surface area contributed by atoms with Gasteiger partial charge in [0.05, 0.1) is 34.1 Å². The van der Waals surface area contributed by atoms with Crippen molar-refractivity contribution in [2.45, 2.75) is 0 Å². The molecule has 3 aromatic heterocycles. The van der Waals surface area contributed by atoms with E-state index in [4.69, 9.17) is 24.4 Å². The molecule has 49 heavy (non-hydrogen) atoms. The van der Waals surface area contributed by atoms with Crippen LogP contribution < -0.4 is 0 Å². The van der Waals surface area contributed by atoms with Crippen molar-refractivity contribution in [2.24, 2.45) is 0 Å². The van der Waals surface area contributed by atoms with Crippen LogP contribution in [0, 0.1) is 11.3 Å². The summed E-state index contributed by atoms with van der Waals surface area (Å²) in [7, 11) is 0. The predicted octanol–water partition coefficient (Wildman–Crippen LogP) is 10.5. The number of para-hydroxylation sites is 3. The van der Waals surface area contributed by atoms with Gasteiger partial charge in [-0.15, -0.1) is 0 Å². The van der Waals surface area contributed by atoms with Gasteiger partial charge in [-0.05, 0) is 53.6 Å². The van der Waals surface area contributed by atoms with Crippen molar-refractivity contribution in [1.29, 1.82) is 5.26 Å². The Morgan fingerprint density at radius 1 is 0.469 bits per heavy atom. The summed E-state index contributed by atoms with van der Waals surface area (Å²) in [4.78, 5) is 20.7. The molecule has 0 spiro atoms. The predicted molar refractivity (Wildman–Crippen MR) is 194 cm³/mol. The molecule has 3 heterocycles. The Bertz CT molecular complexity index is 2710. The van der Waals surface area contributed by atoms with Crippen LogP contribution >= 0.6 is 0 Å². The van der Waals surface area contributed by atoms with Crippen LogP contribution in [0.25, 0.3) is 89.4 Å². The average molecular weight is 628 g/mol. The standard InChI is InChI=1S/C43H25N5O/c44-26-27-17-19-28(20-18-27)29-21-23-31(24-22-29)41-42(46-35-14-6-5-13-34(35)45-41)43-47-36(30-9-2-1-3-10-30)25-37(48-43)32-12-8-16-39-40(32)33-11-4-7-15-38(33)49-39/h1-25H. The van der Waals surface area contributed by atoms with Crippen LogP contribution in [0.2, 0.25) is 0 Å². The highest BCUT2D eigenvalue weighted by Gasteiger charge is 2.20. The third-order valence-corrected chi connectivity index (χ3v) is 8.76. The van der Waals surface area contributed by atoms with Crippen molar-refractivity contribution in [3.8, 4) is 62.5 Å². The topological polar surface area (TPSA) is 88.5 Å². The van der Waals surface area contributed by atoms with Crippen LogP contribution in [0.3, 0.4) is 0 Å². The highest BCUT2D eigenvalue weighted by atomic mass is 16.3. The molecule has 0 atom stereocenters. The number of furan rings is 1. The first-order valence-corrected chi connectivity index (χ1v) is 16.0. The number of rotatable bonds is 5. The second-order valence-corrected chi connectivity index (χ2v) is 11.8. The Balaban J connectivity index is 1.27. The minimum absolute atomic E-state index is 0.477. The Kier molecular flexibility index (Phi) is 6.74. The minimum Gasteiger partial charge on any atom is -0.456 e. The average Bonchev–Trinajstić information content (AvgIpc) is 3.57. The lowest BCUT2D eigenvalue weighted by Gasteiger charge is -2.13. The number of benzene rings is 6. The van der Waals surface area contributed by atoms with Gasteiger partial charge in [0.2, 0.25) is 0 Å². The van der Waals surface area contributed by atoms with Crippen LogP contribution in [0.15, 0.2) is 156 Å². The van der Waals surface area contributed by atoms with Crippen LogP contribution in [-0.4, -0.2) is 19.9 Å². The van der Waals surface area contributed by atoms with Crippen LogP contribution in [-0.2, 0) is 0 Å². The quantitative estimate of drug-likeness (QED) is 0.189. The first-order valence-electron chi connectivity index (χ1n) is 16.0. The van der Waals surface area contributed by atoms with E-state index in [2.05, 4.69) is 54.6 Å². The number of hydrogen-bond acceptors (Lipinski definition) is 6. The number of fused-ring (bicyclic) bond motifs is 4. The molecule has 0 aliphatic rings. The summed E-state index contributed by atoms with van der Waals surface area (Å²) in [6.07, 6.45) is 0.